The summed E-state index contributed by atoms with van der Waals surface area (Å²) in [6, 6.07) is 7.09. The van der Waals surface area contributed by atoms with E-state index in [2.05, 4.69) is 10.3 Å². The summed E-state index contributed by atoms with van der Waals surface area (Å²) in [4.78, 5) is 16.0. The van der Waals surface area contributed by atoms with E-state index in [4.69, 9.17) is 9.47 Å². The van der Waals surface area contributed by atoms with Crippen LogP contribution in [-0.2, 0) is 4.79 Å². The van der Waals surface area contributed by atoms with Gasteiger partial charge < -0.3 is 9.47 Å². The highest BCUT2D eigenvalue weighted by molar-refractivity contribution is 7.13. The van der Waals surface area contributed by atoms with Gasteiger partial charge in [-0.25, -0.2) is 4.98 Å². The molecular formula is C16H15N3O3S. The molecule has 0 aliphatic heterocycles. The maximum absolute atomic E-state index is 12.1. The van der Waals surface area contributed by atoms with E-state index in [9.17, 15) is 10.1 Å². The van der Waals surface area contributed by atoms with E-state index in [0.29, 0.717) is 28.8 Å². The van der Waals surface area contributed by atoms with E-state index in [0.717, 1.165) is 0 Å². The van der Waals surface area contributed by atoms with Gasteiger partial charge in [-0.2, -0.15) is 5.26 Å². The highest BCUT2D eigenvalue weighted by Gasteiger charge is 2.12. The molecule has 0 saturated heterocycles. The van der Waals surface area contributed by atoms with Gasteiger partial charge in [-0.3, -0.25) is 10.1 Å². The molecule has 1 amide bonds. The average Bonchev–Trinajstić information content (AvgIpc) is 3.06. The van der Waals surface area contributed by atoms with E-state index in [-0.39, 0.29) is 5.57 Å². The molecule has 0 saturated carbocycles. The average molecular weight is 329 g/mol. The first kappa shape index (κ1) is 16.5. The standard InChI is InChI=1S/C16H15N3O3S/c1-3-22-14-9-11(4-5-13(14)21-2)8-12(10-17)15(20)19-16-18-6-7-23-16/h4-9H,3H2,1-2H3,(H,18,19,20). The number of benzene rings is 1. The summed E-state index contributed by atoms with van der Waals surface area (Å²) in [5, 5.41) is 14.0. The molecule has 0 aliphatic carbocycles. The van der Waals surface area contributed by atoms with Gasteiger partial charge >= 0.3 is 0 Å². The Morgan fingerprint density at radius 1 is 1.48 bits per heavy atom. The first-order chi connectivity index (χ1) is 11.2. The molecular weight excluding hydrogens is 314 g/mol. The zero-order valence-electron chi connectivity index (χ0n) is 12.7. The Labute approximate surface area is 138 Å². The maximum atomic E-state index is 12.1. The second-order valence-corrected chi connectivity index (χ2v) is 5.20. The van der Waals surface area contributed by atoms with Crippen molar-refractivity contribution in [2.24, 2.45) is 0 Å². The van der Waals surface area contributed by atoms with E-state index in [1.807, 2.05) is 13.0 Å². The summed E-state index contributed by atoms with van der Waals surface area (Å²) >= 11 is 1.28. The highest BCUT2D eigenvalue weighted by Crippen LogP contribution is 2.29. The van der Waals surface area contributed by atoms with Crippen LogP contribution >= 0.6 is 11.3 Å². The van der Waals surface area contributed by atoms with Gasteiger partial charge in [0.05, 0.1) is 13.7 Å². The molecule has 0 fully saturated rings. The second kappa shape index (κ2) is 7.96. The number of ether oxygens (including phenoxy) is 2. The molecule has 0 spiro atoms. The Kier molecular flexibility index (Phi) is 5.72. The predicted molar refractivity (Wildman–Crippen MR) is 88.5 cm³/mol. The quantitative estimate of drug-likeness (QED) is 0.650. The molecule has 7 heteroatoms. The number of rotatable bonds is 6. The van der Waals surface area contributed by atoms with E-state index < -0.39 is 5.91 Å². The molecule has 1 aromatic carbocycles. The molecule has 0 aliphatic rings. The molecule has 6 nitrogen and oxygen atoms in total. The Hall–Kier alpha value is -2.85. The number of carbonyl (C=O) groups is 1. The van der Waals surface area contributed by atoms with Crippen LogP contribution in [0.2, 0.25) is 0 Å². The van der Waals surface area contributed by atoms with Gasteiger partial charge in [0.1, 0.15) is 11.6 Å². The predicted octanol–water partition coefficient (Wildman–Crippen LogP) is 3.10. The topological polar surface area (TPSA) is 84.2 Å². The molecule has 23 heavy (non-hydrogen) atoms. The van der Waals surface area contributed by atoms with Crippen LogP contribution in [0.25, 0.3) is 6.08 Å². The van der Waals surface area contributed by atoms with Gasteiger partial charge in [-0.05, 0) is 30.7 Å². The van der Waals surface area contributed by atoms with E-state index in [1.165, 1.54) is 17.4 Å². The first-order valence-corrected chi connectivity index (χ1v) is 7.69. The zero-order chi connectivity index (χ0) is 16.7. The molecule has 118 valence electrons. The molecule has 0 radical (unpaired) electrons. The third-order valence-electron chi connectivity index (χ3n) is 2.82. The van der Waals surface area contributed by atoms with Crippen LogP contribution in [0.3, 0.4) is 0 Å². The smallest absolute Gasteiger partial charge is 0.268 e. The Balaban J connectivity index is 2.25. The molecule has 2 aromatic rings. The van der Waals surface area contributed by atoms with Crippen molar-refractivity contribution in [2.45, 2.75) is 6.92 Å². The SMILES string of the molecule is CCOc1cc(C=C(C#N)C(=O)Nc2nccs2)ccc1OC. The third kappa shape index (κ3) is 4.31. The fraction of sp³-hybridized carbons (Fsp3) is 0.188. The number of hydrogen-bond acceptors (Lipinski definition) is 6. The lowest BCUT2D eigenvalue weighted by Crippen LogP contribution is -2.13. The number of hydrogen-bond donors (Lipinski definition) is 1. The van der Waals surface area contributed by atoms with Gasteiger partial charge in [0.25, 0.3) is 5.91 Å². The number of aromatic nitrogens is 1. The summed E-state index contributed by atoms with van der Waals surface area (Å²) in [6.45, 7) is 2.35. The number of nitrogens with zero attached hydrogens (tertiary/aromatic N) is 2. The lowest BCUT2D eigenvalue weighted by atomic mass is 10.1. The van der Waals surface area contributed by atoms with Gasteiger partial charge in [0.2, 0.25) is 0 Å². The van der Waals surface area contributed by atoms with Crippen molar-refractivity contribution in [1.82, 2.24) is 4.98 Å². The van der Waals surface area contributed by atoms with Crippen molar-refractivity contribution in [3.8, 4) is 17.6 Å². The Morgan fingerprint density at radius 2 is 2.30 bits per heavy atom. The first-order valence-electron chi connectivity index (χ1n) is 6.81. The molecule has 0 atom stereocenters. The fourth-order valence-electron chi connectivity index (χ4n) is 1.82. The molecule has 0 unspecified atom stereocenters. The number of nitriles is 1. The fourth-order valence-corrected chi connectivity index (χ4v) is 2.34. The lowest BCUT2D eigenvalue weighted by Gasteiger charge is -2.09. The number of amides is 1. The van der Waals surface area contributed by atoms with Crippen molar-refractivity contribution in [3.63, 3.8) is 0 Å². The van der Waals surface area contributed by atoms with Crippen LogP contribution in [0, 0.1) is 11.3 Å². The van der Waals surface area contributed by atoms with Crippen LogP contribution < -0.4 is 14.8 Å². The highest BCUT2D eigenvalue weighted by atomic mass is 32.1. The molecule has 1 aromatic heterocycles. The van der Waals surface area contributed by atoms with Crippen LogP contribution in [0.4, 0.5) is 5.13 Å². The Bertz CT molecular complexity index is 748. The van der Waals surface area contributed by atoms with E-state index in [1.54, 1.807) is 36.9 Å². The summed E-state index contributed by atoms with van der Waals surface area (Å²) in [6.07, 6.45) is 3.07. The molecule has 1 N–H and O–H groups in total. The van der Waals surface area contributed by atoms with Crippen molar-refractivity contribution < 1.29 is 14.3 Å². The summed E-state index contributed by atoms with van der Waals surface area (Å²) in [7, 11) is 1.55. The number of carbonyl (C=O) groups excluding carboxylic acids is 1. The molecule has 1 heterocycles. The van der Waals surface area contributed by atoms with Crippen LogP contribution in [0.1, 0.15) is 12.5 Å². The third-order valence-corrected chi connectivity index (χ3v) is 3.50. The second-order valence-electron chi connectivity index (χ2n) is 4.30. The normalized spacial score (nSPS) is 10.7. The number of anilines is 1. The largest absolute Gasteiger partial charge is 0.493 e. The number of methoxy groups -OCH3 is 1. The van der Waals surface area contributed by atoms with Crippen LogP contribution in [0.15, 0.2) is 35.3 Å². The minimum Gasteiger partial charge on any atom is -0.493 e. The summed E-state index contributed by atoms with van der Waals surface area (Å²) in [5.74, 6) is 0.646. The summed E-state index contributed by atoms with van der Waals surface area (Å²) < 4.78 is 10.7. The van der Waals surface area contributed by atoms with Gasteiger partial charge in [-0.1, -0.05) is 6.07 Å². The number of nitrogens with one attached hydrogen (secondary N) is 1. The lowest BCUT2D eigenvalue weighted by molar-refractivity contribution is -0.112. The molecule has 0 bridgehead atoms. The minimum absolute atomic E-state index is 0.0205. The minimum atomic E-state index is -0.503. The Morgan fingerprint density at radius 3 is 2.91 bits per heavy atom. The van der Waals surface area contributed by atoms with Crippen molar-refractivity contribution >= 4 is 28.5 Å². The van der Waals surface area contributed by atoms with Gasteiger partial charge in [0, 0.05) is 11.6 Å². The van der Waals surface area contributed by atoms with Crippen molar-refractivity contribution in [2.75, 3.05) is 19.0 Å². The van der Waals surface area contributed by atoms with E-state index >= 15 is 0 Å². The number of thiazole rings is 1. The van der Waals surface area contributed by atoms with Gasteiger partial charge in [-0.15, -0.1) is 11.3 Å². The van der Waals surface area contributed by atoms with Crippen LogP contribution in [0.5, 0.6) is 11.5 Å². The van der Waals surface area contributed by atoms with Gasteiger partial charge in [0.15, 0.2) is 16.6 Å². The summed E-state index contributed by atoms with van der Waals surface area (Å²) in [5.41, 5.74) is 0.646. The molecule has 2 rings (SSSR count). The maximum Gasteiger partial charge on any atom is 0.268 e. The zero-order valence-corrected chi connectivity index (χ0v) is 13.5. The van der Waals surface area contributed by atoms with Crippen LogP contribution in [-0.4, -0.2) is 24.6 Å². The monoisotopic (exact) mass is 329 g/mol. The van der Waals surface area contributed by atoms with Crippen molar-refractivity contribution in [1.29, 1.82) is 5.26 Å². The van der Waals surface area contributed by atoms with Crippen molar-refractivity contribution in [3.05, 3.63) is 40.9 Å².